The minimum Gasteiger partial charge on any atom is -0.467 e. The number of benzene rings is 2. The molecule has 0 unspecified atom stereocenters. The predicted molar refractivity (Wildman–Crippen MR) is 174 cm³/mol. The molecule has 3 aliphatic heterocycles. The Morgan fingerprint density at radius 1 is 1.02 bits per heavy atom. The number of hydrogen-bond donors (Lipinski definition) is 1. The van der Waals surface area contributed by atoms with Crippen molar-refractivity contribution in [3.8, 4) is 17.8 Å². The molecule has 0 amide bonds. The van der Waals surface area contributed by atoms with Crippen LogP contribution < -0.4 is 24.6 Å². The zero-order valence-corrected chi connectivity index (χ0v) is 26.5. The molecule has 0 bridgehead atoms. The molecule has 1 aromatic heterocycles. The van der Waals surface area contributed by atoms with E-state index in [-0.39, 0.29) is 18.4 Å². The number of nitrogens with one attached hydrogen (secondary N) is 1. The maximum absolute atomic E-state index is 9.38. The van der Waals surface area contributed by atoms with Crippen molar-refractivity contribution in [2.75, 3.05) is 89.7 Å². The van der Waals surface area contributed by atoms with Gasteiger partial charge in [-0.05, 0) is 37.8 Å². The zero-order chi connectivity index (χ0) is 30.8. The summed E-state index contributed by atoms with van der Waals surface area (Å²) in [6.45, 7) is 9.04. The van der Waals surface area contributed by atoms with Crippen molar-refractivity contribution >= 4 is 22.3 Å². The Morgan fingerprint density at radius 3 is 2.67 bits per heavy atom. The number of ether oxygens (including phenoxy) is 3. The molecule has 1 N–H and O–H groups in total. The molecule has 4 aliphatic rings. The molecular weight excluding hydrogens is 568 g/mol. The van der Waals surface area contributed by atoms with E-state index in [2.05, 4.69) is 74.4 Å². The second-order valence-corrected chi connectivity index (χ2v) is 12.9. The molecule has 2 aromatic carbocycles. The summed E-state index contributed by atoms with van der Waals surface area (Å²) in [4.78, 5) is 19.9. The van der Waals surface area contributed by atoms with Crippen molar-refractivity contribution in [2.45, 2.75) is 43.8 Å². The van der Waals surface area contributed by atoms with Crippen molar-refractivity contribution in [1.82, 2.24) is 25.1 Å². The van der Waals surface area contributed by atoms with Gasteiger partial charge in [0.25, 0.3) is 0 Å². The molecule has 1 aliphatic carbocycles. The van der Waals surface area contributed by atoms with E-state index in [4.69, 9.17) is 24.2 Å². The second kappa shape index (κ2) is 13.0. The zero-order valence-electron chi connectivity index (χ0n) is 26.5. The maximum Gasteiger partial charge on any atom is 0.318 e. The first-order chi connectivity index (χ1) is 22.0. The van der Waals surface area contributed by atoms with Crippen molar-refractivity contribution < 1.29 is 14.2 Å². The highest BCUT2D eigenvalue weighted by molar-refractivity contribution is 5.95. The molecule has 0 spiro atoms. The van der Waals surface area contributed by atoms with Crippen LogP contribution in [0.5, 0.6) is 11.8 Å². The highest BCUT2D eigenvalue weighted by atomic mass is 16.7. The Morgan fingerprint density at radius 2 is 1.87 bits per heavy atom. The second-order valence-electron chi connectivity index (χ2n) is 12.9. The van der Waals surface area contributed by atoms with Gasteiger partial charge in [-0.15, -0.1) is 0 Å². The lowest BCUT2D eigenvalue weighted by Gasteiger charge is -2.38. The molecule has 3 fully saturated rings. The van der Waals surface area contributed by atoms with Gasteiger partial charge in [0, 0.05) is 88.2 Å². The molecule has 0 radical (unpaired) electrons. The standard InChI is InChI=1S/C34H44N8O3/c1-39-15-17-42(18-16-39)34(9-10-34)23-44-33-37-30-22-40(31-20-27(45-24-43-2)19-25-5-3-4-6-28(25)31)13-8-29(30)32(38-33)41-14-12-36-26(21-41)7-11-35/h3-6,19-20,26,36H,7-10,12-18,21-24H2,1-2H3/t26-/m0/s1. The van der Waals surface area contributed by atoms with E-state index in [1.165, 1.54) is 10.9 Å². The lowest BCUT2D eigenvalue weighted by atomic mass is 10.0. The third kappa shape index (κ3) is 6.38. The van der Waals surface area contributed by atoms with E-state index in [9.17, 15) is 5.26 Å². The van der Waals surface area contributed by atoms with Gasteiger partial charge in [0.2, 0.25) is 0 Å². The van der Waals surface area contributed by atoms with E-state index >= 15 is 0 Å². The summed E-state index contributed by atoms with van der Waals surface area (Å²) in [6, 6.07) is 15.5. The fourth-order valence-corrected chi connectivity index (χ4v) is 7.10. The van der Waals surface area contributed by atoms with E-state index in [1.807, 2.05) is 0 Å². The molecule has 11 nitrogen and oxygen atoms in total. The lowest BCUT2D eigenvalue weighted by Crippen LogP contribution is -2.52. The first kappa shape index (κ1) is 30.0. The minimum atomic E-state index is 0.0984. The van der Waals surface area contributed by atoms with Gasteiger partial charge >= 0.3 is 6.01 Å². The average Bonchev–Trinajstić information content (AvgIpc) is 3.87. The van der Waals surface area contributed by atoms with Crippen molar-refractivity contribution in [3.05, 3.63) is 47.7 Å². The van der Waals surface area contributed by atoms with Crippen molar-refractivity contribution in [1.29, 1.82) is 5.26 Å². The molecule has 238 valence electrons. The van der Waals surface area contributed by atoms with Gasteiger partial charge in [-0.25, -0.2) is 0 Å². The van der Waals surface area contributed by atoms with Crippen LogP contribution in [0.15, 0.2) is 36.4 Å². The number of likely N-dealkylation sites (N-methyl/N-ethyl adjacent to an activating group) is 1. The highest BCUT2D eigenvalue weighted by Gasteiger charge is 2.49. The number of aromatic nitrogens is 2. The number of hydrogen-bond acceptors (Lipinski definition) is 11. The molecule has 2 saturated heterocycles. The van der Waals surface area contributed by atoms with Crippen LogP contribution in [0.3, 0.4) is 0 Å². The molecule has 1 saturated carbocycles. The van der Waals surface area contributed by atoms with Crippen LogP contribution in [-0.4, -0.2) is 111 Å². The van der Waals surface area contributed by atoms with Gasteiger partial charge in [0.05, 0.1) is 30.3 Å². The monoisotopic (exact) mass is 612 g/mol. The summed E-state index contributed by atoms with van der Waals surface area (Å²) < 4.78 is 17.6. The number of piperazine rings is 2. The van der Waals surface area contributed by atoms with Crippen LogP contribution in [0.25, 0.3) is 10.8 Å². The molecule has 45 heavy (non-hydrogen) atoms. The fraction of sp³-hybridized carbons (Fsp3) is 0.559. The summed E-state index contributed by atoms with van der Waals surface area (Å²) in [5, 5.41) is 15.2. The maximum atomic E-state index is 9.38. The van der Waals surface area contributed by atoms with Crippen LogP contribution in [0.4, 0.5) is 11.5 Å². The minimum absolute atomic E-state index is 0.0984. The van der Waals surface area contributed by atoms with E-state index in [1.54, 1.807) is 7.11 Å². The molecule has 4 heterocycles. The normalized spacial score (nSPS) is 21.8. The van der Waals surface area contributed by atoms with Gasteiger partial charge < -0.3 is 34.2 Å². The summed E-state index contributed by atoms with van der Waals surface area (Å²) in [5.74, 6) is 1.75. The number of rotatable bonds is 10. The molecule has 11 heteroatoms. The molecule has 7 rings (SSSR count). The van der Waals surface area contributed by atoms with Gasteiger partial charge in [0.1, 0.15) is 18.2 Å². The van der Waals surface area contributed by atoms with Gasteiger partial charge in [-0.2, -0.15) is 15.2 Å². The van der Waals surface area contributed by atoms with E-state index in [0.29, 0.717) is 25.6 Å². The SMILES string of the molecule is COCOc1cc(N2CCc3c(nc(OCC4(N5CCN(C)CC5)CC4)nc3N3CCN[C@@H](CC#N)C3)C2)c2ccccc2c1. The van der Waals surface area contributed by atoms with Crippen LogP contribution >= 0.6 is 0 Å². The van der Waals surface area contributed by atoms with Crippen LogP contribution in [0.2, 0.25) is 0 Å². The van der Waals surface area contributed by atoms with Gasteiger partial charge in [-0.1, -0.05) is 24.3 Å². The Hall–Kier alpha value is -3.69. The predicted octanol–water partition coefficient (Wildman–Crippen LogP) is 3.03. The third-order valence-corrected chi connectivity index (χ3v) is 9.88. The summed E-state index contributed by atoms with van der Waals surface area (Å²) in [6.07, 6.45) is 3.61. The Bertz CT molecular complexity index is 1550. The summed E-state index contributed by atoms with van der Waals surface area (Å²) >= 11 is 0. The summed E-state index contributed by atoms with van der Waals surface area (Å²) in [5.41, 5.74) is 3.41. The van der Waals surface area contributed by atoms with E-state index in [0.717, 1.165) is 100.0 Å². The Kier molecular flexibility index (Phi) is 8.64. The lowest BCUT2D eigenvalue weighted by molar-refractivity contribution is 0.0512. The first-order valence-electron chi connectivity index (χ1n) is 16.3. The number of methoxy groups -OCH3 is 1. The van der Waals surface area contributed by atoms with Crippen LogP contribution in [-0.2, 0) is 17.7 Å². The van der Waals surface area contributed by atoms with Crippen molar-refractivity contribution in [2.24, 2.45) is 0 Å². The summed E-state index contributed by atoms with van der Waals surface area (Å²) in [7, 11) is 3.83. The number of anilines is 2. The quantitative estimate of drug-likeness (QED) is 0.342. The number of nitriles is 1. The average molecular weight is 613 g/mol. The Balaban J connectivity index is 1.19. The smallest absolute Gasteiger partial charge is 0.318 e. The largest absolute Gasteiger partial charge is 0.467 e. The van der Waals surface area contributed by atoms with Crippen molar-refractivity contribution in [3.63, 3.8) is 0 Å². The molecule has 3 aromatic rings. The fourth-order valence-electron chi connectivity index (χ4n) is 7.10. The van der Waals surface area contributed by atoms with Crippen LogP contribution in [0.1, 0.15) is 30.5 Å². The van der Waals surface area contributed by atoms with E-state index < -0.39 is 0 Å². The van der Waals surface area contributed by atoms with Crippen LogP contribution in [0, 0.1) is 11.3 Å². The van der Waals surface area contributed by atoms with Gasteiger partial charge in [-0.3, -0.25) is 4.90 Å². The molecule has 1 atom stereocenters. The molecular formula is C34H44N8O3. The third-order valence-electron chi connectivity index (χ3n) is 9.88. The number of nitrogens with zero attached hydrogens (tertiary/aromatic N) is 7. The highest BCUT2D eigenvalue weighted by Crippen LogP contribution is 2.43. The first-order valence-corrected chi connectivity index (χ1v) is 16.3. The van der Waals surface area contributed by atoms with Gasteiger partial charge in [0.15, 0.2) is 6.79 Å². The number of fused-ring (bicyclic) bond motifs is 2. The topological polar surface area (TPSA) is 102 Å². The Labute approximate surface area is 265 Å².